The second-order valence-corrected chi connectivity index (χ2v) is 3.56. The first-order valence-electron chi connectivity index (χ1n) is 4.87. The van der Waals surface area contributed by atoms with Crippen LogP contribution in [0.5, 0.6) is 0 Å². The third kappa shape index (κ3) is 2.31. The lowest BCUT2D eigenvalue weighted by Gasteiger charge is -2.07. The molecule has 0 fully saturated rings. The minimum absolute atomic E-state index is 0.764. The molecule has 0 aliphatic rings. The maximum atomic E-state index is 5.74. The van der Waals surface area contributed by atoms with Crippen molar-refractivity contribution in [2.24, 2.45) is 0 Å². The SMILES string of the molecule is Cc1cc(NCc2ccoc2)ccc1N. The van der Waals surface area contributed by atoms with Gasteiger partial charge in [-0.05, 0) is 36.8 Å². The van der Waals surface area contributed by atoms with Crippen molar-refractivity contribution in [3.8, 4) is 0 Å². The van der Waals surface area contributed by atoms with Crippen LogP contribution in [0.2, 0.25) is 0 Å². The van der Waals surface area contributed by atoms with Crippen molar-refractivity contribution in [3.05, 3.63) is 47.9 Å². The molecule has 78 valence electrons. The van der Waals surface area contributed by atoms with Gasteiger partial charge in [0, 0.05) is 23.5 Å². The number of benzene rings is 1. The fraction of sp³-hybridized carbons (Fsp3) is 0.167. The minimum Gasteiger partial charge on any atom is -0.472 e. The van der Waals surface area contributed by atoms with Crippen LogP contribution < -0.4 is 11.1 Å². The number of nitrogens with two attached hydrogens (primary N) is 1. The second kappa shape index (κ2) is 4.09. The average Bonchev–Trinajstić information content (AvgIpc) is 2.73. The van der Waals surface area contributed by atoms with Gasteiger partial charge in [-0.25, -0.2) is 0 Å². The molecule has 3 heteroatoms. The summed E-state index contributed by atoms with van der Waals surface area (Å²) >= 11 is 0. The van der Waals surface area contributed by atoms with Crippen molar-refractivity contribution in [2.75, 3.05) is 11.1 Å². The molecule has 1 aromatic heterocycles. The number of furan rings is 1. The molecule has 15 heavy (non-hydrogen) atoms. The number of aryl methyl sites for hydroxylation is 1. The van der Waals surface area contributed by atoms with Crippen LogP contribution in [0.15, 0.2) is 41.2 Å². The van der Waals surface area contributed by atoms with Crippen LogP contribution in [0.25, 0.3) is 0 Å². The smallest absolute Gasteiger partial charge is 0.0952 e. The minimum atomic E-state index is 0.764. The zero-order valence-corrected chi connectivity index (χ0v) is 8.66. The number of hydrogen-bond acceptors (Lipinski definition) is 3. The molecule has 1 aromatic carbocycles. The van der Waals surface area contributed by atoms with E-state index in [0.29, 0.717) is 0 Å². The molecule has 3 N–H and O–H groups in total. The Kier molecular flexibility index (Phi) is 2.63. The van der Waals surface area contributed by atoms with E-state index in [1.54, 1.807) is 12.5 Å². The molecule has 0 atom stereocenters. The highest BCUT2D eigenvalue weighted by Crippen LogP contribution is 2.17. The third-order valence-corrected chi connectivity index (χ3v) is 2.35. The zero-order valence-electron chi connectivity index (χ0n) is 8.66. The predicted octanol–water partition coefficient (Wildman–Crippen LogP) is 2.78. The maximum Gasteiger partial charge on any atom is 0.0952 e. The van der Waals surface area contributed by atoms with E-state index in [4.69, 9.17) is 10.2 Å². The normalized spacial score (nSPS) is 10.2. The molecule has 0 radical (unpaired) electrons. The topological polar surface area (TPSA) is 51.2 Å². The lowest BCUT2D eigenvalue weighted by Crippen LogP contribution is -1.99. The van der Waals surface area contributed by atoms with Crippen molar-refractivity contribution in [3.63, 3.8) is 0 Å². The van der Waals surface area contributed by atoms with Crippen LogP contribution in [0, 0.1) is 6.92 Å². The van der Waals surface area contributed by atoms with E-state index < -0.39 is 0 Å². The summed E-state index contributed by atoms with van der Waals surface area (Å²) < 4.78 is 4.99. The van der Waals surface area contributed by atoms with E-state index in [1.165, 1.54) is 0 Å². The summed E-state index contributed by atoms with van der Waals surface area (Å²) in [5, 5.41) is 3.30. The maximum absolute atomic E-state index is 5.74. The van der Waals surface area contributed by atoms with E-state index in [9.17, 15) is 0 Å². The van der Waals surface area contributed by atoms with E-state index in [0.717, 1.165) is 29.0 Å². The Bertz CT molecular complexity index is 435. The average molecular weight is 202 g/mol. The fourth-order valence-electron chi connectivity index (χ4n) is 1.38. The summed E-state index contributed by atoms with van der Waals surface area (Å²) in [7, 11) is 0. The number of hydrogen-bond donors (Lipinski definition) is 2. The van der Waals surface area contributed by atoms with Crippen molar-refractivity contribution in [1.29, 1.82) is 0 Å². The molecule has 0 aliphatic heterocycles. The summed E-state index contributed by atoms with van der Waals surface area (Å²) in [6.45, 7) is 2.76. The number of nitrogen functional groups attached to an aromatic ring is 1. The lowest BCUT2D eigenvalue weighted by atomic mass is 10.2. The standard InChI is InChI=1S/C12H14N2O/c1-9-6-11(2-3-12(9)13)14-7-10-4-5-15-8-10/h2-6,8,14H,7,13H2,1H3. The molecular weight excluding hydrogens is 188 g/mol. The third-order valence-electron chi connectivity index (χ3n) is 2.35. The molecule has 0 spiro atoms. The molecule has 2 aromatic rings. The molecule has 2 rings (SSSR count). The molecule has 0 aliphatic carbocycles. The van der Waals surface area contributed by atoms with Crippen LogP contribution in [-0.4, -0.2) is 0 Å². The highest BCUT2D eigenvalue weighted by molar-refractivity contribution is 5.56. The summed E-state index contributed by atoms with van der Waals surface area (Å²) in [6.07, 6.45) is 3.41. The molecule has 0 amide bonds. The van der Waals surface area contributed by atoms with Crippen LogP contribution >= 0.6 is 0 Å². The van der Waals surface area contributed by atoms with E-state index in [-0.39, 0.29) is 0 Å². The fourth-order valence-corrected chi connectivity index (χ4v) is 1.38. The lowest BCUT2D eigenvalue weighted by molar-refractivity contribution is 0.564. The van der Waals surface area contributed by atoms with Gasteiger partial charge in [-0.2, -0.15) is 0 Å². The van der Waals surface area contributed by atoms with Crippen LogP contribution in [0.4, 0.5) is 11.4 Å². The quantitative estimate of drug-likeness (QED) is 0.752. The van der Waals surface area contributed by atoms with Gasteiger partial charge in [-0.15, -0.1) is 0 Å². The van der Waals surface area contributed by atoms with Gasteiger partial charge < -0.3 is 15.5 Å². The Morgan fingerprint density at radius 2 is 2.20 bits per heavy atom. The predicted molar refractivity (Wildman–Crippen MR) is 61.6 cm³/mol. The first-order chi connectivity index (χ1) is 7.25. The van der Waals surface area contributed by atoms with Gasteiger partial charge in [0.25, 0.3) is 0 Å². The van der Waals surface area contributed by atoms with Gasteiger partial charge in [-0.3, -0.25) is 0 Å². The molecule has 0 unspecified atom stereocenters. The molecule has 0 saturated heterocycles. The highest BCUT2D eigenvalue weighted by atomic mass is 16.3. The Morgan fingerprint density at radius 3 is 2.87 bits per heavy atom. The van der Waals surface area contributed by atoms with Crippen molar-refractivity contribution >= 4 is 11.4 Å². The van der Waals surface area contributed by atoms with E-state index in [1.807, 2.05) is 31.2 Å². The number of anilines is 2. The molecule has 3 nitrogen and oxygen atoms in total. The first-order valence-corrected chi connectivity index (χ1v) is 4.87. The summed E-state index contributed by atoms with van der Waals surface area (Å²) in [4.78, 5) is 0. The first kappa shape index (κ1) is 9.65. The van der Waals surface area contributed by atoms with Crippen molar-refractivity contribution in [1.82, 2.24) is 0 Å². The number of nitrogens with one attached hydrogen (secondary N) is 1. The van der Waals surface area contributed by atoms with Gasteiger partial charge in [0.15, 0.2) is 0 Å². The monoisotopic (exact) mass is 202 g/mol. The van der Waals surface area contributed by atoms with Crippen molar-refractivity contribution in [2.45, 2.75) is 13.5 Å². The van der Waals surface area contributed by atoms with Crippen LogP contribution in [0.1, 0.15) is 11.1 Å². The summed E-state index contributed by atoms with van der Waals surface area (Å²) in [5.74, 6) is 0. The number of rotatable bonds is 3. The molecular formula is C12H14N2O. The zero-order chi connectivity index (χ0) is 10.7. The Morgan fingerprint density at radius 1 is 1.33 bits per heavy atom. The van der Waals surface area contributed by atoms with E-state index in [2.05, 4.69) is 5.32 Å². The van der Waals surface area contributed by atoms with Gasteiger partial charge in [-0.1, -0.05) is 0 Å². The largest absolute Gasteiger partial charge is 0.472 e. The summed E-state index contributed by atoms with van der Waals surface area (Å²) in [5.41, 5.74) is 9.85. The van der Waals surface area contributed by atoms with Crippen LogP contribution in [-0.2, 0) is 6.54 Å². The summed E-state index contributed by atoms with van der Waals surface area (Å²) in [6, 6.07) is 7.86. The van der Waals surface area contributed by atoms with Gasteiger partial charge in [0.05, 0.1) is 12.5 Å². The molecule has 1 heterocycles. The molecule has 0 saturated carbocycles. The van der Waals surface area contributed by atoms with Gasteiger partial charge in [0.1, 0.15) is 0 Å². The van der Waals surface area contributed by atoms with Crippen molar-refractivity contribution < 1.29 is 4.42 Å². The van der Waals surface area contributed by atoms with Crippen LogP contribution in [0.3, 0.4) is 0 Å². The van der Waals surface area contributed by atoms with Gasteiger partial charge >= 0.3 is 0 Å². The molecule has 0 bridgehead atoms. The highest BCUT2D eigenvalue weighted by Gasteiger charge is 1.97. The Labute approximate surface area is 88.9 Å². The Hall–Kier alpha value is -1.90. The van der Waals surface area contributed by atoms with Gasteiger partial charge in [0.2, 0.25) is 0 Å². The Balaban J connectivity index is 2.02. The van der Waals surface area contributed by atoms with E-state index >= 15 is 0 Å². The second-order valence-electron chi connectivity index (χ2n) is 3.56.